The molecule has 0 aromatic rings. The summed E-state index contributed by atoms with van der Waals surface area (Å²) in [6.07, 6.45) is 12.2. The quantitative estimate of drug-likeness (QED) is 0.836. The zero-order valence-corrected chi connectivity index (χ0v) is 13.2. The van der Waals surface area contributed by atoms with Crippen molar-refractivity contribution in [3.8, 4) is 0 Å². The molecule has 5 rings (SSSR count). The van der Waals surface area contributed by atoms with Crippen LogP contribution in [0.3, 0.4) is 0 Å². The van der Waals surface area contributed by atoms with Gasteiger partial charge in [-0.3, -0.25) is 4.79 Å². The molecule has 21 heavy (non-hydrogen) atoms. The Bertz CT molecular complexity index is 365. The molecule has 1 heterocycles. The van der Waals surface area contributed by atoms with Crippen molar-refractivity contribution in [2.24, 2.45) is 29.1 Å². The summed E-state index contributed by atoms with van der Waals surface area (Å²) in [6.45, 7) is 2.94. The number of piperidine rings is 1. The lowest BCUT2D eigenvalue weighted by Gasteiger charge is -2.57. The minimum atomic E-state index is 0.266. The molecule has 0 aromatic heterocycles. The summed E-state index contributed by atoms with van der Waals surface area (Å²) < 4.78 is 0. The molecule has 5 fully saturated rings. The number of amides is 1. The van der Waals surface area contributed by atoms with Crippen molar-refractivity contribution >= 4 is 5.91 Å². The van der Waals surface area contributed by atoms with Gasteiger partial charge in [-0.25, -0.2) is 0 Å². The summed E-state index contributed by atoms with van der Waals surface area (Å²) in [5.41, 5.74) is 0.607. The Balaban J connectivity index is 1.28. The zero-order chi connectivity index (χ0) is 14.3. The molecule has 5 aliphatic rings. The van der Waals surface area contributed by atoms with Gasteiger partial charge in [-0.15, -0.1) is 0 Å². The molecule has 118 valence electrons. The molecule has 0 spiro atoms. The first kappa shape index (κ1) is 14.0. The lowest BCUT2D eigenvalue weighted by Crippen LogP contribution is -2.47. The third kappa shape index (κ3) is 2.86. The van der Waals surface area contributed by atoms with E-state index in [1.54, 1.807) is 0 Å². The van der Waals surface area contributed by atoms with Crippen molar-refractivity contribution in [2.75, 3.05) is 19.6 Å². The average Bonchev–Trinajstić information content (AvgIpc) is 2.46. The van der Waals surface area contributed by atoms with Crippen molar-refractivity contribution < 1.29 is 4.79 Å². The Hall–Kier alpha value is -0.570. The number of carbonyl (C=O) groups excluding carboxylic acids is 1. The van der Waals surface area contributed by atoms with Gasteiger partial charge in [0.25, 0.3) is 0 Å². The van der Waals surface area contributed by atoms with E-state index in [4.69, 9.17) is 0 Å². The molecule has 2 N–H and O–H groups in total. The van der Waals surface area contributed by atoms with Crippen LogP contribution < -0.4 is 10.6 Å². The topological polar surface area (TPSA) is 41.1 Å². The molecule has 1 aliphatic heterocycles. The summed E-state index contributed by atoms with van der Waals surface area (Å²) in [5, 5.41) is 6.60. The third-order valence-corrected chi connectivity index (χ3v) is 6.83. The van der Waals surface area contributed by atoms with Crippen LogP contribution in [0.1, 0.15) is 57.8 Å². The molecule has 0 aromatic carbocycles. The van der Waals surface area contributed by atoms with Crippen LogP contribution in [-0.2, 0) is 4.79 Å². The molecule has 0 radical (unpaired) electrons. The molecule has 1 saturated heterocycles. The van der Waals surface area contributed by atoms with Gasteiger partial charge < -0.3 is 10.6 Å². The minimum absolute atomic E-state index is 0.266. The first-order valence-corrected chi connectivity index (χ1v) is 9.21. The maximum atomic E-state index is 12.2. The molecule has 3 heteroatoms. The fourth-order valence-corrected chi connectivity index (χ4v) is 6.28. The zero-order valence-electron chi connectivity index (χ0n) is 13.2. The van der Waals surface area contributed by atoms with Gasteiger partial charge in [0.15, 0.2) is 0 Å². The summed E-state index contributed by atoms with van der Waals surface area (Å²) in [7, 11) is 0. The highest BCUT2D eigenvalue weighted by molar-refractivity contribution is 5.78. The van der Waals surface area contributed by atoms with Gasteiger partial charge in [0, 0.05) is 12.5 Å². The van der Waals surface area contributed by atoms with E-state index in [-0.39, 0.29) is 5.92 Å². The first-order chi connectivity index (χ1) is 10.2. The lowest BCUT2D eigenvalue weighted by atomic mass is 9.49. The standard InChI is InChI=1S/C18H30N2O/c21-17(16-1-4-19-5-2-16)20-6-3-18-10-13-7-14(11-18)9-15(8-13)12-18/h13-16,19H,1-12H2,(H,20,21). The van der Waals surface area contributed by atoms with Crippen LogP contribution in [0, 0.1) is 29.1 Å². The van der Waals surface area contributed by atoms with E-state index < -0.39 is 0 Å². The van der Waals surface area contributed by atoms with Crippen LogP contribution in [0.4, 0.5) is 0 Å². The van der Waals surface area contributed by atoms with Crippen LogP contribution in [0.25, 0.3) is 0 Å². The number of hydrogen-bond acceptors (Lipinski definition) is 2. The van der Waals surface area contributed by atoms with Crippen molar-refractivity contribution in [3.05, 3.63) is 0 Å². The van der Waals surface area contributed by atoms with Gasteiger partial charge in [0.05, 0.1) is 0 Å². The second-order valence-electron chi connectivity index (χ2n) is 8.48. The Morgan fingerprint density at radius 1 is 1.00 bits per heavy atom. The monoisotopic (exact) mass is 290 g/mol. The molecule has 0 unspecified atom stereocenters. The highest BCUT2D eigenvalue weighted by atomic mass is 16.1. The van der Waals surface area contributed by atoms with E-state index in [1.807, 2.05) is 0 Å². The van der Waals surface area contributed by atoms with E-state index in [0.29, 0.717) is 11.3 Å². The highest BCUT2D eigenvalue weighted by Gasteiger charge is 2.50. The molecule has 4 saturated carbocycles. The number of hydrogen-bond donors (Lipinski definition) is 2. The lowest BCUT2D eigenvalue weighted by molar-refractivity contribution is -0.126. The largest absolute Gasteiger partial charge is 0.356 e. The van der Waals surface area contributed by atoms with Crippen LogP contribution >= 0.6 is 0 Å². The molecule has 4 bridgehead atoms. The fraction of sp³-hybridized carbons (Fsp3) is 0.944. The van der Waals surface area contributed by atoms with E-state index >= 15 is 0 Å². The van der Waals surface area contributed by atoms with Crippen molar-refractivity contribution in [3.63, 3.8) is 0 Å². The maximum absolute atomic E-state index is 12.2. The summed E-state index contributed by atoms with van der Waals surface area (Å²) in [4.78, 5) is 12.2. The molecular weight excluding hydrogens is 260 g/mol. The van der Waals surface area contributed by atoms with Crippen molar-refractivity contribution in [1.29, 1.82) is 0 Å². The predicted molar refractivity (Wildman–Crippen MR) is 83.8 cm³/mol. The second-order valence-corrected chi connectivity index (χ2v) is 8.48. The van der Waals surface area contributed by atoms with E-state index in [9.17, 15) is 4.79 Å². The Labute approximate surface area is 128 Å². The smallest absolute Gasteiger partial charge is 0.223 e. The molecule has 3 nitrogen and oxygen atoms in total. The Kier molecular flexibility index (Phi) is 3.72. The highest BCUT2D eigenvalue weighted by Crippen LogP contribution is 2.61. The minimum Gasteiger partial charge on any atom is -0.356 e. The normalized spacial score (nSPS) is 42.2. The molecular formula is C18H30N2O. The average molecular weight is 290 g/mol. The maximum Gasteiger partial charge on any atom is 0.223 e. The van der Waals surface area contributed by atoms with Gasteiger partial charge in [0.2, 0.25) is 5.91 Å². The van der Waals surface area contributed by atoms with E-state index in [2.05, 4.69) is 10.6 Å². The van der Waals surface area contributed by atoms with Gasteiger partial charge in [-0.05, 0) is 94.0 Å². The van der Waals surface area contributed by atoms with Crippen LogP contribution in [-0.4, -0.2) is 25.5 Å². The predicted octanol–water partition coefficient (Wildman–Crippen LogP) is 2.71. The third-order valence-electron chi connectivity index (χ3n) is 6.83. The number of rotatable bonds is 4. The van der Waals surface area contributed by atoms with E-state index in [1.165, 1.54) is 44.9 Å². The van der Waals surface area contributed by atoms with Gasteiger partial charge in [-0.1, -0.05) is 0 Å². The molecule has 0 atom stereocenters. The summed E-state index contributed by atoms with van der Waals surface area (Å²) in [5.74, 6) is 3.66. The van der Waals surface area contributed by atoms with Crippen molar-refractivity contribution in [2.45, 2.75) is 57.8 Å². The first-order valence-electron chi connectivity index (χ1n) is 9.21. The van der Waals surface area contributed by atoms with Crippen LogP contribution in [0.2, 0.25) is 0 Å². The Morgan fingerprint density at radius 2 is 1.57 bits per heavy atom. The number of nitrogens with one attached hydrogen (secondary N) is 2. The van der Waals surface area contributed by atoms with E-state index in [0.717, 1.165) is 50.2 Å². The molecule has 4 aliphatic carbocycles. The molecule has 1 amide bonds. The number of carbonyl (C=O) groups is 1. The second kappa shape index (κ2) is 5.57. The van der Waals surface area contributed by atoms with Gasteiger partial charge in [0.1, 0.15) is 0 Å². The summed E-state index contributed by atoms with van der Waals surface area (Å²) in [6, 6.07) is 0. The van der Waals surface area contributed by atoms with Gasteiger partial charge in [-0.2, -0.15) is 0 Å². The van der Waals surface area contributed by atoms with Crippen LogP contribution in [0.15, 0.2) is 0 Å². The van der Waals surface area contributed by atoms with Gasteiger partial charge >= 0.3 is 0 Å². The van der Waals surface area contributed by atoms with Crippen molar-refractivity contribution in [1.82, 2.24) is 10.6 Å². The SMILES string of the molecule is O=C(NCCC12CC3CC(CC(C3)C1)C2)C1CCNCC1. The van der Waals surface area contributed by atoms with Crippen LogP contribution in [0.5, 0.6) is 0 Å². The fourth-order valence-electron chi connectivity index (χ4n) is 6.28. The summed E-state index contributed by atoms with van der Waals surface area (Å²) >= 11 is 0. The Morgan fingerprint density at radius 3 is 2.14 bits per heavy atom.